The van der Waals surface area contributed by atoms with Crippen LogP contribution in [0.4, 0.5) is 14.5 Å². The second kappa shape index (κ2) is 9.36. The Balaban J connectivity index is 1.88. The number of benzene rings is 2. The van der Waals surface area contributed by atoms with Crippen molar-refractivity contribution < 1.29 is 23.1 Å². The average Bonchev–Trinajstić information content (AvgIpc) is 2.60. The second-order valence-electron chi connectivity index (χ2n) is 4.98. The molecule has 0 bridgehead atoms. The minimum absolute atomic E-state index is 0.0221. The van der Waals surface area contributed by atoms with Gasteiger partial charge in [0.1, 0.15) is 5.75 Å². The van der Waals surface area contributed by atoms with Crippen LogP contribution < -0.4 is 10.1 Å². The molecule has 0 radical (unpaired) electrons. The van der Waals surface area contributed by atoms with Crippen molar-refractivity contribution in [3.8, 4) is 5.75 Å². The lowest BCUT2D eigenvalue weighted by Crippen LogP contribution is -2.17. The number of carbonyl (C=O) groups is 1. The molecule has 0 fully saturated rings. The Morgan fingerprint density at radius 1 is 1.20 bits per heavy atom. The third kappa shape index (κ3) is 5.87. The molecule has 0 saturated carbocycles. The summed E-state index contributed by atoms with van der Waals surface area (Å²) in [4.78, 5) is 16.8. The van der Waals surface area contributed by atoms with Crippen molar-refractivity contribution in [3.05, 3.63) is 59.7 Å². The van der Waals surface area contributed by atoms with Crippen LogP contribution in [0.3, 0.4) is 0 Å². The number of amides is 1. The summed E-state index contributed by atoms with van der Waals surface area (Å²) in [6.07, 6.45) is 2.00. The zero-order chi connectivity index (χ0) is 18.1. The summed E-state index contributed by atoms with van der Waals surface area (Å²) in [5.41, 5.74) is 2.05. The van der Waals surface area contributed by atoms with Gasteiger partial charge >= 0.3 is 6.61 Å². The number of nitrogens with one attached hydrogen (secondary N) is 1. The largest absolute Gasteiger partial charge is 0.434 e. The van der Waals surface area contributed by atoms with Crippen LogP contribution >= 0.6 is 0 Å². The van der Waals surface area contributed by atoms with Gasteiger partial charge in [-0.3, -0.25) is 4.79 Å². The summed E-state index contributed by atoms with van der Waals surface area (Å²) in [6.45, 7) is -1.24. The second-order valence-corrected chi connectivity index (χ2v) is 4.98. The first kappa shape index (κ1) is 18.4. The predicted molar refractivity (Wildman–Crippen MR) is 91.1 cm³/mol. The molecule has 2 rings (SSSR count). The molecule has 0 spiro atoms. The first-order valence-electron chi connectivity index (χ1n) is 7.67. The highest BCUT2D eigenvalue weighted by atomic mass is 19.3. The Kier molecular flexibility index (Phi) is 6.88. The van der Waals surface area contributed by atoms with Crippen molar-refractivity contribution >= 4 is 17.8 Å². The van der Waals surface area contributed by atoms with Crippen LogP contribution in [-0.4, -0.2) is 25.3 Å². The van der Waals surface area contributed by atoms with E-state index in [4.69, 9.17) is 4.84 Å². The van der Waals surface area contributed by atoms with Gasteiger partial charge in [-0.15, -0.1) is 0 Å². The third-order valence-electron chi connectivity index (χ3n) is 3.27. The maximum atomic E-state index is 12.3. The zero-order valence-electron chi connectivity index (χ0n) is 13.6. The molecule has 0 aliphatic rings. The maximum absolute atomic E-state index is 12.3. The van der Waals surface area contributed by atoms with Crippen LogP contribution in [0.1, 0.15) is 18.1 Å². The first-order chi connectivity index (χ1) is 12.1. The molecule has 0 aliphatic heterocycles. The number of nitrogens with zero attached hydrogens (tertiary/aromatic N) is 1. The summed E-state index contributed by atoms with van der Waals surface area (Å²) in [6, 6.07) is 13.6. The quantitative estimate of drug-likeness (QED) is 0.582. The summed E-state index contributed by atoms with van der Waals surface area (Å²) in [7, 11) is 0. The number of anilines is 1. The van der Waals surface area contributed by atoms with Gasteiger partial charge in [0, 0.05) is 11.3 Å². The van der Waals surface area contributed by atoms with Crippen LogP contribution in [0.5, 0.6) is 5.75 Å². The molecule has 0 saturated heterocycles. The maximum Gasteiger partial charge on any atom is 0.387 e. The molecule has 5 nitrogen and oxygen atoms in total. The Hall–Kier alpha value is -2.96. The van der Waals surface area contributed by atoms with Gasteiger partial charge in [0.25, 0.3) is 5.91 Å². The highest BCUT2D eigenvalue weighted by Crippen LogP contribution is 2.18. The van der Waals surface area contributed by atoms with Crippen LogP contribution in [0.25, 0.3) is 0 Å². The van der Waals surface area contributed by atoms with Crippen molar-refractivity contribution in [1.29, 1.82) is 0 Å². The van der Waals surface area contributed by atoms with E-state index in [9.17, 15) is 13.6 Å². The number of aryl methyl sites for hydroxylation is 1. The fourth-order valence-corrected chi connectivity index (χ4v) is 2.12. The van der Waals surface area contributed by atoms with Crippen LogP contribution in [0.2, 0.25) is 0 Å². The van der Waals surface area contributed by atoms with Crippen molar-refractivity contribution in [2.45, 2.75) is 20.0 Å². The number of halogens is 2. The summed E-state index contributed by atoms with van der Waals surface area (Å²) in [5.74, 6) is -0.388. The molecule has 0 atom stereocenters. The smallest absolute Gasteiger partial charge is 0.387 e. The SMILES string of the molecule is CCc1ccccc1NC(=O)CO/N=C/c1ccccc1OC(F)F. The minimum Gasteiger partial charge on any atom is -0.434 e. The van der Waals surface area contributed by atoms with Crippen molar-refractivity contribution in [1.82, 2.24) is 0 Å². The Bertz CT molecular complexity index is 736. The van der Waals surface area contributed by atoms with Gasteiger partial charge < -0.3 is 14.9 Å². The molecule has 0 aliphatic carbocycles. The number of alkyl halides is 2. The number of carbonyl (C=O) groups excluding carboxylic acids is 1. The zero-order valence-corrected chi connectivity index (χ0v) is 13.6. The molecule has 2 aromatic rings. The van der Waals surface area contributed by atoms with Crippen LogP contribution in [0.15, 0.2) is 53.7 Å². The average molecular weight is 348 g/mol. The first-order valence-corrected chi connectivity index (χ1v) is 7.67. The Morgan fingerprint density at radius 2 is 1.92 bits per heavy atom. The van der Waals surface area contributed by atoms with E-state index in [0.29, 0.717) is 5.56 Å². The number of para-hydroxylation sites is 2. The Labute approximate surface area is 144 Å². The number of hydrogen-bond acceptors (Lipinski definition) is 4. The van der Waals surface area contributed by atoms with Gasteiger partial charge in [-0.25, -0.2) is 0 Å². The van der Waals surface area contributed by atoms with Crippen LogP contribution in [-0.2, 0) is 16.1 Å². The normalized spacial score (nSPS) is 10.9. The van der Waals surface area contributed by atoms with Crippen molar-refractivity contribution in [2.75, 3.05) is 11.9 Å². The molecule has 1 amide bonds. The standard InChI is InChI=1S/C18H18F2N2O3/c1-2-13-7-3-5-9-15(13)22-17(23)12-24-21-11-14-8-4-6-10-16(14)25-18(19)20/h3-11,18H,2,12H2,1H3,(H,22,23)/b21-11+. The number of oxime groups is 1. The molecule has 0 heterocycles. The van der Waals surface area contributed by atoms with E-state index in [-0.39, 0.29) is 18.3 Å². The van der Waals surface area contributed by atoms with E-state index in [1.165, 1.54) is 12.3 Å². The van der Waals surface area contributed by atoms with E-state index < -0.39 is 6.61 Å². The molecular formula is C18H18F2N2O3. The molecular weight excluding hydrogens is 330 g/mol. The lowest BCUT2D eigenvalue weighted by atomic mass is 10.1. The highest BCUT2D eigenvalue weighted by molar-refractivity contribution is 5.92. The van der Waals surface area contributed by atoms with E-state index in [1.807, 2.05) is 25.1 Å². The fraction of sp³-hybridized carbons (Fsp3) is 0.222. The van der Waals surface area contributed by atoms with Crippen molar-refractivity contribution in [3.63, 3.8) is 0 Å². The molecule has 2 aromatic carbocycles. The van der Waals surface area contributed by atoms with E-state index >= 15 is 0 Å². The fourth-order valence-electron chi connectivity index (χ4n) is 2.12. The molecule has 0 aromatic heterocycles. The van der Waals surface area contributed by atoms with Gasteiger partial charge in [0.15, 0.2) is 6.61 Å². The number of ether oxygens (including phenoxy) is 1. The number of rotatable bonds is 8. The molecule has 132 valence electrons. The highest BCUT2D eigenvalue weighted by Gasteiger charge is 2.08. The van der Waals surface area contributed by atoms with Gasteiger partial charge in [0.05, 0.1) is 6.21 Å². The van der Waals surface area contributed by atoms with E-state index in [2.05, 4.69) is 15.2 Å². The Morgan fingerprint density at radius 3 is 2.68 bits per heavy atom. The summed E-state index contributed by atoms with van der Waals surface area (Å²) >= 11 is 0. The van der Waals surface area contributed by atoms with Crippen molar-refractivity contribution in [2.24, 2.45) is 5.16 Å². The number of hydrogen-bond donors (Lipinski definition) is 1. The van der Waals surface area contributed by atoms with Crippen LogP contribution in [0, 0.1) is 0 Å². The van der Waals surface area contributed by atoms with E-state index in [0.717, 1.165) is 17.7 Å². The molecule has 0 unspecified atom stereocenters. The lowest BCUT2D eigenvalue weighted by Gasteiger charge is -2.09. The van der Waals surface area contributed by atoms with Gasteiger partial charge in [0.2, 0.25) is 0 Å². The molecule has 1 N–H and O–H groups in total. The third-order valence-corrected chi connectivity index (χ3v) is 3.27. The minimum atomic E-state index is -2.93. The lowest BCUT2D eigenvalue weighted by molar-refractivity contribution is -0.120. The molecule has 25 heavy (non-hydrogen) atoms. The van der Waals surface area contributed by atoms with E-state index in [1.54, 1.807) is 24.3 Å². The monoisotopic (exact) mass is 348 g/mol. The van der Waals surface area contributed by atoms with Gasteiger partial charge in [-0.05, 0) is 30.2 Å². The van der Waals surface area contributed by atoms with Gasteiger partial charge in [-0.1, -0.05) is 42.4 Å². The summed E-state index contributed by atoms with van der Waals surface area (Å²) in [5, 5.41) is 6.36. The summed E-state index contributed by atoms with van der Waals surface area (Å²) < 4.78 is 29.0. The van der Waals surface area contributed by atoms with Gasteiger partial charge in [-0.2, -0.15) is 8.78 Å². The molecule has 7 heteroatoms. The topological polar surface area (TPSA) is 59.9 Å². The predicted octanol–water partition coefficient (Wildman–Crippen LogP) is 3.84.